The van der Waals surface area contributed by atoms with Crippen LogP contribution in [-0.2, 0) is 11.2 Å². The Morgan fingerprint density at radius 1 is 1.38 bits per heavy atom. The van der Waals surface area contributed by atoms with Crippen LogP contribution < -0.4 is 0 Å². The van der Waals surface area contributed by atoms with Gasteiger partial charge in [-0.25, -0.2) is 0 Å². The summed E-state index contributed by atoms with van der Waals surface area (Å²) in [5.41, 5.74) is 2.15. The summed E-state index contributed by atoms with van der Waals surface area (Å²) in [5, 5.41) is 18.3. The predicted octanol–water partition coefficient (Wildman–Crippen LogP) is 0.0970. The Bertz CT molecular complexity index is 392. The van der Waals surface area contributed by atoms with Crippen molar-refractivity contribution in [2.24, 2.45) is 0 Å². The van der Waals surface area contributed by atoms with Crippen LogP contribution in [-0.4, -0.2) is 40.8 Å². The molecule has 1 aliphatic rings. The summed E-state index contributed by atoms with van der Waals surface area (Å²) in [4.78, 5) is 13.1. The largest absolute Gasteiger partial charge is 0.394 e. The zero-order valence-corrected chi connectivity index (χ0v) is 8.97. The van der Waals surface area contributed by atoms with Gasteiger partial charge in [-0.2, -0.15) is 0 Å². The second-order valence-corrected chi connectivity index (χ2v) is 3.89. The maximum atomic E-state index is 11.5. The predicted molar refractivity (Wildman–Crippen MR) is 58.8 cm³/mol. The van der Waals surface area contributed by atoms with E-state index in [-0.39, 0.29) is 18.6 Å². The van der Waals surface area contributed by atoms with Gasteiger partial charge in [-0.3, -0.25) is 4.79 Å². The van der Waals surface area contributed by atoms with E-state index < -0.39 is 6.61 Å². The molecule has 1 atom stereocenters. The first-order valence-electron chi connectivity index (χ1n) is 5.37. The number of amides is 1. The van der Waals surface area contributed by atoms with E-state index in [1.54, 1.807) is 4.90 Å². The molecule has 86 valence electrons. The molecule has 0 saturated heterocycles. The van der Waals surface area contributed by atoms with Crippen LogP contribution in [0, 0.1) is 0 Å². The molecule has 2 rings (SSSR count). The Morgan fingerprint density at radius 3 is 2.81 bits per heavy atom. The highest BCUT2D eigenvalue weighted by molar-refractivity contribution is 5.78. The lowest BCUT2D eigenvalue weighted by molar-refractivity contribution is -0.138. The molecule has 16 heavy (non-hydrogen) atoms. The van der Waals surface area contributed by atoms with E-state index in [4.69, 9.17) is 5.11 Å². The van der Waals surface area contributed by atoms with Crippen molar-refractivity contribution >= 4 is 5.91 Å². The fraction of sp³-hybridized carbons (Fsp3) is 0.417. The number of rotatable bonds is 2. The molecule has 2 N–H and O–H groups in total. The van der Waals surface area contributed by atoms with Gasteiger partial charge in [0, 0.05) is 6.54 Å². The third-order valence-electron chi connectivity index (χ3n) is 3.04. The van der Waals surface area contributed by atoms with E-state index in [2.05, 4.69) is 0 Å². The smallest absolute Gasteiger partial charge is 0.248 e. The van der Waals surface area contributed by atoms with Crippen molar-refractivity contribution in [2.45, 2.75) is 12.5 Å². The zero-order chi connectivity index (χ0) is 11.5. The lowest BCUT2D eigenvalue weighted by atomic mass is 9.93. The first-order valence-corrected chi connectivity index (χ1v) is 5.37. The van der Waals surface area contributed by atoms with Gasteiger partial charge in [0.05, 0.1) is 12.6 Å². The summed E-state index contributed by atoms with van der Waals surface area (Å²) in [6, 6.07) is 7.47. The van der Waals surface area contributed by atoms with Crippen LogP contribution in [0.2, 0.25) is 0 Å². The fourth-order valence-electron chi connectivity index (χ4n) is 2.24. The van der Waals surface area contributed by atoms with E-state index >= 15 is 0 Å². The SMILES string of the molecule is O=C(CO)N1CCc2ccccc2C1CO. The van der Waals surface area contributed by atoms with Gasteiger partial charge in [0.25, 0.3) is 0 Å². The number of aliphatic hydroxyl groups is 2. The third-order valence-corrected chi connectivity index (χ3v) is 3.04. The number of nitrogens with zero attached hydrogens (tertiary/aromatic N) is 1. The standard InChI is InChI=1S/C12H15NO3/c14-7-11-10-4-2-1-3-9(10)5-6-13(11)12(16)8-15/h1-4,11,14-15H,5-8H2. The molecule has 1 aromatic carbocycles. The molecule has 1 aliphatic heterocycles. The van der Waals surface area contributed by atoms with E-state index in [1.165, 1.54) is 5.56 Å². The van der Waals surface area contributed by atoms with Gasteiger partial charge in [0.15, 0.2) is 0 Å². The zero-order valence-electron chi connectivity index (χ0n) is 8.97. The van der Waals surface area contributed by atoms with Crippen LogP contribution in [0.5, 0.6) is 0 Å². The maximum absolute atomic E-state index is 11.5. The van der Waals surface area contributed by atoms with Crippen LogP contribution in [0.3, 0.4) is 0 Å². The van der Waals surface area contributed by atoms with Crippen molar-refractivity contribution in [3.63, 3.8) is 0 Å². The van der Waals surface area contributed by atoms with Crippen molar-refractivity contribution < 1.29 is 15.0 Å². The second kappa shape index (κ2) is 4.63. The summed E-state index contributed by atoms with van der Waals surface area (Å²) in [7, 11) is 0. The highest BCUT2D eigenvalue weighted by Gasteiger charge is 2.29. The third kappa shape index (κ3) is 1.81. The Balaban J connectivity index is 2.33. The first kappa shape index (κ1) is 11.1. The monoisotopic (exact) mass is 221 g/mol. The van der Waals surface area contributed by atoms with Crippen molar-refractivity contribution in [3.05, 3.63) is 35.4 Å². The van der Waals surface area contributed by atoms with E-state index in [0.29, 0.717) is 6.54 Å². The Kier molecular flexibility index (Phi) is 3.22. The van der Waals surface area contributed by atoms with E-state index in [1.807, 2.05) is 24.3 Å². The molecule has 0 aromatic heterocycles. The molecule has 0 fully saturated rings. The number of fused-ring (bicyclic) bond motifs is 1. The average molecular weight is 221 g/mol. The molecule has 1 unspecified atom stereocenters. The number of hydrogen-bond acceptors (Lipinski definition) is 3. The quantitative estimate of drug-likeness (QED) is 0.744. The fourth-order valence-corrected chi connectivity index (χ4v) is 2.24. The molecule has 4 nitrogen and oxygen atoms in total. The van der Waals surface area contributed by atoms with Gasteiger partial charge in [-0.15, -0.1) is 0 Å². The summed E-state index contributed by atoms with van der Waals surface area (Å²) in [5.74, 6) is -0.325. The highest BCUT2D eigenvalue weighted by Crippen LogP contribution is 2.28. The van der Waals surface area contributed by atoms with Crippen LogP contribution in [0.4, 0.5) is 0 Å². The Morgan fingerprint density at radius 2 is 2.12 bits per heavy atom. The number of carbonyl (C=O) groups is 1. The molecule has 1 heterocycles. The van der Waals surface area contributed by atoms with Gasteiger partial charge in [0.1, 0.15) is 6.61 Å². The molecule has 4 heteroatoms. The van der Waals surface area contributed by atoms with Crippen LogP contribution in [0.15, 0.2) is 24.3 Å². The molecular weight excluding hydrogens is 206 g/mol. The van der Waals surface area contributed by atoms with E-state index in [0.717, 1.165) is 12.0 Å². The molecule has 1 amide bonds. The van der Waals surface area contributed by atoms with Gasteiger partial charge in [-0.05, 0) is 17.5 Å². The van der Waals surface area contributed by atoms with Gasteiger partial charge in [0.2, 0.25) is 5.91 Å². The second-order valence-electron chi connectivity index (χ2n) is 3.89. The molecule has 0 bridgehead atoms. The normalized spacial score (nSPS) is 19.4. The molecule has 0 radical (unpaired) electrons. The lowest BCUT2D eigenvalue weighted by Gasteiger charge is -2.36. The molecule has 0 spiro atoms. The lowest BCUT2D eigenvalue weighted by Crippen LogP contribution is -2.42. The van der Waals surface area contributed by atoms with Gasteiger partial charge >= 0.3 is 0 Å². The first-order chi connectivity index (χ1) is 7.77. The van der Waals surface area contributed by atoms with Crippen molar-refractivity contribution in [1.82, 2.24) is 4.90 Å². The van der Waals surface area contributed by atoms with Crippen LogP contribution in [0.1, 0.15) is 17.2 Å². The van der Waals surface area contributed by atoms with Crippen LogP contribution in [0.25, 0.3) is 0 Å². The minimum atomic E-state index is -0.501. The van der Waals surface area contributed by atoms with Gasteiger partial charge in [-0.1, -0.05) is 24.3 Å². The molecular formula is C12H15NO3. The molecule has 1 aromatic rings. The summed E-state index contributed by atoms with van der Waals surface area (Å²) < 4.78 is 0. The Labute approximate surface area is 94.1 Å². The number of benzene rings is 1. The Hall–Kier alpha value is -1.39. The number of aliphatic hydroxyl groups excluding tert-OH is 2. The number of carbonyl (C=O) groups excluding carboxylic acids is 1. The summed E-state index contributed by atoms with van der Waals surface area (Å²) in [6.45, 7) is -0.0525. The topological polar surface area (TPSA) is 60.8 Å². The average Bonchev–Trinajstić information content (AvgIpc) is 2.36. The molecule has 0 aliphatic carbocycles. The van der Waals surface area contributed by atoms with Crippen molar-refractivity contribution in [3.8, 4) is 0 Å². The van der Waals surface area contributed by atoms with Gasteiger partial charge < -0.3 is 15.1 Å². The minimum absolute atomic E-state index is 0.108. The van der Waals surface area contributed by atoms with Crippen LogP contribution >= 0.6 is 0 Å². The van der Waals surface area contributed by atoms with E-state index in [9.17, 15) is 9.90 Å². The van der Waals surface area contributed by atoms with Crippen molar-refractivity contribution in [1.29, 1.82) is 0 Å². The highest BCUT2D eigenvalue weighted by atomic mass is 16.3. The molecule has 0 saturated carbocycles. The summed E-state index contributed by atoms with van der Waals surface area (Å²) >= 11 is 0. The summed E-state index contributed by atoms with van der Waals surface area (Å²) in [6.07, 6.45) is 0.776. The number of hydrogen-bond donors (Lipinski definition) is 2. The minimum Gasteiger partial charge on any atom is -0.394 e. The van der Waals surface area contributed by atoms with Crippen molar-refractivity contribution in [2.75, 3.05) is 19.8 Å². The maximum Gasteiger partial charge on any atom is 0.248 e.